The number of hydrogen-bond donors (Lipinski definition) is 0. The van der Waals surface area contributed by atoms with Crippen LogP contribution in [-0.4, -0.2) is 14.8 Å². The van der Waals surface area contributed by atoms with E-state index in [1.54, 1.807) is 23.9 Å². The summed E-state index contributed by atoms with van der Waals surface area (Å²) in [6.45, 7) is 4.23. The Balaban J connectivity index is 1.63. The summed E-state index contributed by atoms with van der Waals surface area (Å²) in [4.78, 5) is 0. The second kappa shape index (κ2) is 6.64. The Morgan fingerprint density at radius 3 is 2.48 bits per heavy atom. The molecule has 128 valence electrons. The van der Waals surface area contributed by atoms with Crippen LogP contribution in [-0.2, 0) is 5.75 Å². The van der Waals surface area contributed by atoms with Crippen LogP contribution >= 0.6 is 11.8 Å². The van der Waals surface area contributed by atoms with Gasteiger partial charge in [0.15, 0.2) is 11.0 Å². The van der Waals surface area contributed by atoms with Crippen LogP contribution in [0.5, 0.6) is 0 Å². The maximum atomic E-state index is 14.2. The van der Waals surface area contributed by atoms with Crippen molar-refractivity contribution in [3.05, 3.63) is 65.0 Å². The highest BCUT2D eigenvalue weighted by molar-refractivity contribution is 7.98. The Morgan fingerprint density at radius 2 is 1.80 bits per heavy atom. The van der Waals surface area contributed by atoms with Crippen LogP contribution in [0.2, 0.25) is 0 Å². The molecule has 25 heavy (non-hydrogen) atoms. The molecule has 0 amide bonds. The molecule has 0 aliphatic heterocycles. The lowest BCUT2D eigenvalue weighted by molar-refractivity contribution is 0.622. The number of hydrogen-bond acceptors (Lipinski definition) is 3. The van der Waals surface area contributed by atoms with Gasteiger partial charge >= 0.3 is 0 Å². The summed E-state index contributed by atoms with van der Waals surface area (Å²) in [5.41, 5.74) is 4.35. The predicted octanol–water partition coefficient (Wildman–Crippen LogP) is 5.33. The van der Waals surface area contributed by atoms with E-state index in [1.165, 1.54) is 22.8 Å². The Labute approximate surface area is 151 Å². The zero-order valence-corrected chi connectivity index (χ0v) is 15.2. The molecular formula is C20H20FN3S. The topological polar surface area (TPSA) is 30.7 Å². The molecule has 2 aromatic carbocycles. The Kier molecular flexibility index (Phi) is 4.34. The van der Waals surface area contributed by atoms with Crippen molar-refractivity contribution in [3.63, 3.8) is 0 Å². The number of halogens is 1. The van der Waals surface area contributed by atoms with Gasteiger partial charge in [0.05, 0.1) is 5.56 Å². The van der Waals surface area contributed by atoms with E-state index < -0.39 is 0 Å². The third kappa shape index (κ3) is 3.47. The van der Waals surface area contributed by atoms with Crippen LogP contribution in [0.25, 0.3) is 11.4 Å². The van der Waals surface area contributed by atoms with E-state index in [9.17, 15) is 4.39 Å². The molecule has 1 aliphatic carbocycles. The van der Waals surface area contributed by atoms with Crippen molar-refractivity contribution in [2.24, 2.45) is 0 Å². The van der Waals surface area contributed by atoms with Crippen LogP contribution in [0.15, 0.2) is 47.6 Å². The largest absolute Gasteiger partial charge is 0.299 e. The van der Waals surface area contributed by atoms with Gasteiger partial charge in [-0.15, -0.1) is 10.2 Å². The predicted molar refractivity (Wildman–Crippen MR) is 99.2 cm³/mol. The van der Waals surface area contributed by atoms with Crippen molar-refractivity contribution >= 4 is 11.8 Å². The molecule has 5 heteroatoms. The summed E-state index contributed by atoms with van der Waals surface area (Å²) in [5, 5.41) is 9.55. The third-order valence-electron chi connectivity index (χ3n) is 4.34. The molecule has 1 aromatic heterocycles. The lowest BCUT2D eigenvalue weighted by atomic mass is 10.1. The van der Waals surface area contributed by atoms with Crippen LogP contribution in [0, 0.1) is 19.7 Å². The van der Waals surface area contributed by atoms with Gasteiger partial charge in [-0.1, -0.05) is 53.2 Å². The molecule has 0 atom stereocenters. The Hall–Kier alpha value is -2.14. The molecule has 0 radical (unpaired) electrons. The summed E-state index contributed by atoms with van der Waals surface area (Å²) in [7, 11) is 0. The summed E-state index contributed by atoms with van der Waals surface area (Å²) in [5.74, 6) is 1.23. The summed E-state index contributed by atoms with van der Waals surface area (Å²) in [6.07, 6.45) is 2.22. The normalized spacial score (nSPS) is 14.0. The van der Waals surface area contributed by atoms with Gasteiger partial charge in [-0.3, -0.25) is 4.57 Å². The van der Waals surface area contributed by atoms with Crippen LogP contribution in [0.4, 0.5) is 4.39 Å². The highest BCUT2D eigenvalue weighted by atomic mass is 32.2. The van der Waals surface area contributed by atoms with E-state index >= 15 is 0 Å². The van der Waals surface area contributed by atoms with Gasteiger partial charge in [0.1, 0.15) is 5.82 Å². The van der Waals surface area contributed by atoms with Crippen molar-refractivity contribution in [3.8, 4) is 11.4 Å². The minimum atomic E-state index is -0.248. The molecule has 4 rings (SSSR count). The Bertz CT molecular complexity index is 895. The number of rotatable bonds is 5. The molecule has 1 aliphatic rings. The van der Waals surface area contributed by atoms with Crippen molar-refractivity contribution in [1.29, 1.82) is 0 Å². The van der Waals surface area contributed by atoms with Crippen molar-refractivity contribution in [1.82, 2.24) is 14.8 Å². The zero-order valence-electron chi connectivity index (χ0n) is 14.4. The standard InChI is InChI=1S/C20H20FN3S/c1-13-9-14(2)11-15(10-13)12-25-20-23-22-19(24(20)16-7-8-16)17-5-3-4-6-18(17)21/h3-6,9-11,16H,7-8,12H2,1-2H3. The Morgan fingerprint density at radius 1 is 1.08 bits per heavy atom. The number of nitrogens with zero attached hydrogens (tertiary/aromatic N) is 3. The van der Waals surface area contributed by atoms with E-state index in [2.05, 4.69) is 46.8 Å². The monoisotopic (exact) mass is 353 g/mol. The van der Waals surface area contributed by atoms with Crippen molar-refractivity contribution in [2.45, 2.75) is 43.6 Å². The lowest BCUT2D eigenvalue weighted by Crippen LogP contribution is -2.01. The van der Waals surface area contributed by atoms with Gasteiger partial charge < -0.3 is 0 Å². The zero-order chi connectivity index (χ0) is 17.4. The lowest BCUT2D eigenvalue weighted by Gasteiger charge is -2.10. The number of benzene rings is 2. The van der Waals surface area contributed by atoms with E-state index in [0.717, 1.165) is 23.8 Å². The summed E-state index contributed by atoms with van der Waals surface area (Å²) < 4.78 is 16.3. The number of thioether (sulfide) groups is 1. The molecule has 0 saturated heterocycles. The molecule has 0 N–H and O–H groups in total. The van der Waals surface area contributed by atoms with Gasteiger partial charge in [-0.2, -0.15) is 0 Å². The molecule has 1 saturated carbocycles. The molecule has 0 unspecified atom stereocenters. The SMILES string of the molecule is Cc1cc(C)cc(CSc2nnc(-c3ccccc3F)n2C2CC2)c1. The maximum Gasteiger partial charge on any atom is 0.192 e. The molecule has 3 nitrogen and oxygen atoms in total. The maximum absolute atomic E-state index is 14.2. The average Bonchev–Trinajstić information content (AvgIpc) is 3.32. The fraction of sp³-hybridized carbons (Fsp3) is 0.300. The van der Waals surface area contributed by atoms with E-state index in [1.807, 2.05) is 6.07 Å². The number of aryl methyl sites for hydroxylation is 2. The second-order valence-corrected chi connectivity index (χ2v) is 7.61. The third-order valence-corrected chi connectivity index (χ3v) is 5.35. The minimum Gasteiger partial charge on any atom is -0.299 e. The second-order valence-electron chi connectivity index (χ2n) is 6.67. The first-order valence-corrected chi connectivity index (χ1v) is 9.50. The van der Waals surface area contributed by atoms with E-state index in [-0.39, 0.29) is 5.82 Å². The summed E-state index contributed by atoms with van der Waals surface area (Å²) in [6, 6.07) is 13.8. The number of aromatic nitrogens is 3. The molecule has 1 fully saturated rings. The van der Waals surface area contributed by atoms with Gasteiger partial charge in [-0.25, -0.2) is 4.39 Å². The van der Waals surface area contributed by atoms with Gasteiger partial charge in [0.2, 0.25) is 0 Å². The molecule has 0 spiro atoms. The van der Waals surface area contributed by atoms with E-state index in [0.29, 0.717) is 17.4 Å². The first-order valence-electron chi connectivity index (χ1n) is 8.51. The highest BCUT2D eigenvalue weighted by Crippen LogP contribution is 2.41. The summed E-state index contributed by atoms with van der Waals surface area (Å²) >= 11 is 1.67. The minimum absolute atomic E-state index is 0.248. The van der Waals surface area contributed by atoms with Gasteiger partial charge in [-0.05, 0) is 44.4 Å². The molecule has 3 aromatic rings. The smallest absolute Gasteiger partial charge is 0.192 e. The van der Waals surface area contributed by atoms with Gasteiger partial charge in [0.25, 0.3) is 0 Å². The average molecular weight is 353 g/mol. The first-order chi connectivity index (χ1) is 12.1. The molecular weight excluding hydrogens is 333 g/mol. The quantitative estimate of drug-likeness (QED) is 0.581. The fourth-order valence-corrected chi connectivity index (χ4v) is 4.10. The first kappa shape index (κ1) is 16.3. The highest BCUT2D eigenvalue weighted by Gasteiger charge is 2.30. The van der Waals surface area contributed by atoms with Crippen molar-refractivity contribution in [2.75, 3.05) is 0 Å². The van der Waals surface area contributed by atoms with E-state index in [4.69, 9.17) is 0 Å². The fourth-order valence-electron chi connectivity index (χ4n) is 3.16. The molecule has 1 heterocycles. The van der Waals surface area contributed by atoms with Gasteiger partial charge in [0, 0.05) is 11.8 Å². The van der Waals surface area contributed by atoms with Crippen LogP contribution in [0.3, 0.4) is 0 Å². The van der Waals surface area contributed by atoms with Crippen molar-refractivity contribution < 1.29 is 4.39 Å². The van der Waals surface area contributed by atoms with Crippen LogP contribution in [0.1, 0.15) is 35.6 Å². The van der Waals surface area contributed by atoms with Crippen LogP contribution < -0.4 is 0 Å². The molecule has 0 bridgehead atoms.